The highest BCUT2D eigenvalue weighted by molar-refractivity contribution is 5.70. The number of hydrogen-bond acceptors (Lipinski definition) is 5. The maximum atomic E-state index is 12.1. The predicted octanol–water partition coefficient (Wildman–Crippen LogP) is 12.1. The molecule has 276 valence electrons. The summed E-state index contributed by atoms with van der Waals surface area (Å²) in [6.07, 6.45) is 54.7. The number of hydrogen-bond donors (Lipinski definition) is 1. The van der Waals surface area contributed by atoms with Crippen LogP contribution in [0.25, 0.3) is 0 Å². The van der Waals surface area contributed by atoms with Gasteiger partial charge in [-0.2, -0.15) is 0 Å². The summed E-state index contributed by atoms with van der Waals surface area (Å²) in [6, 6.07) is 0. The molecule has 1 atom stereocenters. The molecular weight excluding hydrogens is 608 g/mol. The molecule has 1 N–H and O–H groups in total. The van der Waals surface area contributed by atoms with Crippen LogP contribution in [0.2, 0.25) is 0 Å². The van der Waals surface area contributed by atoms with Crippen LogP contribution in [0.4, 0.5) is 0 Å². The van der Waals surface area contributed by atoms with Crippen LogP contribution < -0.4 is 0 Å². The first-order chi connectivity index (χ1) is 24.1. The standard InChI is InChI=1S/C44H70O5/c1-3-5-7-9-11-13-15-17-19-21-22-23-25-27-29-31-33-35-37-39-44(47)49-42(40-45)41-48-43(46)38-36-34-32-30-28-26-24-20-18-16-14-12-10-8-6-4-2/h5,7,11,13-14,16-17,19-20,22-24,27,29,33,35,42,45H,3-4,6,8-10,12,15,18,21,25-26,28,30-32,34,36-41H2,1-2H3/b7-5-,13-11-,16-14-,19-17-,23-22-,24-20-,29-27-,35-33-. The summed E-state index contributed by atoms with van der Waals surface area (Å²) in [5.74, 6) is -0.715. The highest BCUT2D eigenvalue weighted by Crippen LogP contribution is 2.10. The Bertz CT molecular complexity index is 995. The average molecular weight is 679 g/mol. The number of carbonyl (C=O) groups excluding carboxylic acids is 2. The third-order valence-electron chi connectivity index (χ3n) is 7.63. The lowest BCUT2D eigenvalue weighted by atomic mass is 10.1. The van der Waals surface area contributed by atoms with Crippen molar-refractivity contribution in [2.24, 2.45) is 0 Å². The zero-order valence-corrected chi connectivity index (χ0v) is 31.2. The Morgan fingerprint density at radius 2 is 0.918 bits per heavy atom. The number of esters is 2. The minimum atomic E-state index is -0.823. The third-order valence-corrected chi connectivity index (χ3v) is 7.63. The zero-order chi connectivity index (χ0) is 35.7. The van der Waals surface area contributed by atoms with E-state index >= 15 is 0 Å². The molecule has 0 aromatic heterocycles. The molecule has 0 fully saturated rings. The van der Waals surface area contributed by atoms with Crippen molar-refractivity contribution in [2.45, 2.75) is 155 Å². The summed E-state index contributed by atoms with van der Waals surface area (Å²) in [6.45, 7) is 3.91. The number of allylic oxidation sites excluding steroid dienone is 16. The van der Waals surface area contributed by atoms with E-state index in [1.165, 1.54) is 38.5 Å². The molecule has 1 unspecified atom stereocenters. The van der Waals surface area contributed by atoms with Crippen LogP contribution in [-0.2, 0) is 19.1 Å². The second-order valence-electron chi connectivity index (χ2n) is 12.3. The Hall–Kier alpha value is -3.18. The molecule has 0 aromatic rings. The molecule has 5 heteroatoms. The van der Waals surface area contributed by atoms with Crippen molar-refractivity contribution in [3.05, 3.63) is 97.2 Å². The molecule has 0 aliphatic carbocycles. The van der Waals surface area contributed by atoms with Crippen LogP contribution >= 0.6 is 0 Å². The van der Waals surface area contributed by atoms with Gasteiger partial charge in [-0.15, -0.1) is 0 Å². The SMILES string of the molecule is CC/C=C\C/C=C\C/C=C\C/C=C\C/C=C\C/C=C\CCC(=O)OC(CO)COC(=O)CCCCCCC/C=C\C/C=C\CCCCCC. The predicted molar refractivity (Wildman–Crippen MR) is 209 cm³/mol. The fourth-order valence-electron chi connectivity index (χ4n) is 4.73. The summed E-state index contributed by atoms with van der Waals surface area (Å²) in [5, 5.41) is 9.54. The first kappa shape index (κ1) is 45.8. The highest BCUT2D eigenvalue weighted by atomic mass is 16.6. The van der Waals surface area contributed by atoms with Gasteiger partial charge in [0, 0.05) is 12.8 Å². The number of carbonyl (C=O) groups is 2. The van der Waals surface area contributed by atoms with Crippen LogP contribution in [0.3, 0.4) is 0 Å². The summed E-state index contributed by atoms with van der Waals surface area (Å²) in [7, 11) is 0. The van der Waals surface area contributed by atoms with Crippen molar-refractivity contribution < 1.29 is 24.2 Å². The van der Waals surface area contributed by atoms with Gasteiger partial charge in [-0.1, -0.05) is 150 Å². The van der Waals surface area contributed by atoms with Gasteiger partial charge in [0.25, 0.3) is 0 Å². The van der Waals surface area contributed by atoms with Crippen molar-refractivity contribution >= 4 is 11.9 Å². The van der Waals surface area contributed by atoms with Gasteiger partial charge in [0.2, 0.25) is 0 Å². The number of aliphatic hydroxyl groups excluding tert-OH is 1. The quantitative estimate of drug-likeness (QED) is 0.0425. The Balaban J connectivity index is 3.76. The summed E-state index contributed by atoms with van der Waals surface area (Å²) < 4.78 is 10.5. The van der Waals surface area contributed by atoms with Crippen LogP contribution in [0.15, 0.2) is 97.2 Å². The topological polar surface area (TPSA) is 72.8 Å². The zero-order valence-electron chi connectivity index (χ0n) is 31.2. The summed E-state index contributed by atoms with van der Waals surface area (Å²) in [4.78, 5) is 24.2. The lowest BCUT2D eigenvalue weighted by molar-refractivity contribution is -0.161. The van der Waals surface area contributed by atoms with Gasteiger partial charge >= 0.3 is 11.9 Å². The average Bonchev–Trinajstić information content (AvgIpc) is 3.10. The third kappa shape index (κ3) is 37.5. The van der Waals surface area contributed by atoms with E-state index in [4.69, 9.17) is 9.47 Å². The van der Waals surface area contributed by atoms with Crippen molar-refractivity contribution in [3.63, 3.8) is 0 Å². The smallest absolute Gasteiger partial charge is 0.306 e. The lowest BCUT2D eigenvalue weighted by Crippen LogP contribution is -2.28. The Morgan fingerprint density at radius 3 is 1.41 bits per heavy atom. The fraction of sp³-hybridized carbons (Fsp3) is 0.591. The maximum Gasteiger partial charge on any atom is 0.306 e. The molecule has 0 saturated carbocycles. The number of rotatable bonds is 33. The molecule has 0 bridgehead atoms. The Labute approximate surface area is 300 Å². The van der Waals surface area contributed by atoms with Gasteiger partial charge in [0.05, 0.1) is 6.61 Å². The first-order valence-corrected chi connectivity index (χ1v) is 19.3. The molecule has 0 aliphatic rings. The molecule has 5 nitrogen and oxygen atoms in total. The van der Waals surface area contributed by atoms with E-state index in [9.17, 15) is 14.7 Å². The normalized spacial score (nSPS) is 13.3. The number of ether oxygens (including phenoxy) is 2. The second-order valence-corrected chi connectivity index (χ2v) is 12.3. The first-order valence-electron chi connectivity index (χ1n) is 19.3. The second kappa shape index (κ2) is 39.3. The highest BCUT2D eigenvalue weighted by Gasteiger charge is 2.15. The molecular formula is C44H70O5. The molecule has 0 aromatic carbocycles. The summed E-state index contributed by atoms with van der Waals surface area (Å²) in [5.41, 5.74) is 0. The lowest BCUT2D eigenvalue weighted by Gasteiger charge is -2.15. The van der Waals surface area contributed by atoms with Gasteiger partial charge < -0.3 is 14.6 Å². The molecule has 0 spiro atoms. The maximum absolute atomic E-state index is 12.1. The van der Waals surface area contributed by atoms with Crippen molar-refractivity contribution in [2.75, 3.05) is 13.2 Å². The molecule has 0 rings (SSSR count). The van der Waals surface area contributed by atoms with Gasteiger partial charge in [-0.3, -0.25) is 9.59 Å². The fourth-order valence-corrected chi connectivity index (χ4v) is 4.73. The van der Waals surface area contributed by atoms with Crippen LogP contribution in [0, 0.1) is 0 Å². The minimum absolute atomic E-state index is 0.110. The van der Waals surface area contributed by atoms with E-state index in [-0.39, 0.29) is 25.6 Å². The Morgan fingerprint density at radius 1 is 0.490 bits per heavy atom. The molecule has 0 saturated heterocycles. The van der Waals surface area contributed by atoms with Gasteiger partial charge in [-0.25, -0.2) is 0 Å². The summed E-state index contributed by atoms with van der Waals surface area (Å²) >= 11 is 0. The van der Waals surface area contributed by atoms with Gasteiger partial charge in [-0.05, 0) is 83.5 Å². The van der Waals surface area contributed by atoms with Crippen LogP contribution in [0.1, 0.15) is 149 Å². The molecule has 0 amide bonds. The van der Waals surface area contributed by atoms with E-state index in [2.05, 4.69) is 98.9 Å². The van der Waals surface area contributed by atoms with E-state index in [1.54, 1.807) is 0 Å². The van der Waals surface area contributed by atoms with Crippen LogP contribution in [0.5, 0.6) is 0 Å². The number of aliphatic hydroxyl groups is 1. The molecule has 0 radical (unpaired) electrons. The minimum Gasteiger partial charge on any atom is -0.462 e. The van der Waals surface area contributed by atoms with Crippen molar-refractivity contribution in [1.82, 2.24) is 0 Å². The van der Waals surface area contributed by atoms with Gasteiger partial charge in [0.1, 0.15) is 6.61 Å². The van der Waals surface area contributed by atoms with E-state index in [0.29, 0.717) is 12.8 Å². The van der Waals surface area contributed by atoms with Gasteiger partial charge in [0.15, 0.2) is 6.10 Å². The molecule has 0 aliphatic heterocycles. The molecule has 49 heavy (non-hydrogen) atoms. The van der Waals surface area contributed by atoms with E-state index in [0.717, 1.165) is 77.0 Å². The monoisotopic (exact) mass is 679 g/mol. The Kier molecular flexibility index (Phi) is 36.7. The van der Waals surface area contributed by atoms with E-state index in [1.807, 2.05) is 12.2 Å². The van der Waals surface area contributed by atoms with E-state index < -0.39 is 12.1 Å². The van der Waals surface area contributed by atoms with Crippen molar-refractivity contribution in [1.29, 1.82) is 0 Å². The largest absolute Gasteiger partial charge is 0.462 e. The number of unbranched alkanes of at least 4 members (excludes halogenated alkanes) is 9. The van der Waals surface area contributed by atoms with Crippen molar-refractivity contribution in [3.8, 4) is 0 Å². The van der Waals surface area contributed by atoms with Crippen LogP contribution in [-0.4, -0.2) is 36.4 Å². The molecule has 0 heterocycles.